The molecule has 2 saturated heterocycles. The van der Waals surface area contributed by atoms with Crippen LogP contribution >= 0.6 is 15.9 Å². The highest BCUT2D eigenvalue weighted by molar-refractivity contribution is 9.10. The number of carbonyl (C=O) groups is 2. The minimum atomic E-state index is -2.94. The van der Waals surface area contributed by atoms with E-state index in [1.165, 1.54) is 20.8 Å². The smallest absolute Gasteiger partial charge is 0.261 e. The molecule has 2 heterocycles. The summed E-state index contributed by atoms with van der Waals surface area (Å²) in [4.78, 5) is 30.7. The van der Waals surface area contributed by atoms with Crippen molar-refractivity contribution in [2.75, 3.05) is 23.4 Å². The van der Waals surface area contributed by atoms with E-state index in [4.69, 9.17) is 9.16 Å². The highest BCUT2D eigenvalue weighted by Crippen LogP contribution is 2.51. The van der Waals surface area contributed by atoms with Crippen molar-refractivity contribution in [3.63, 3.8) is 0 Å². The predicted octanol–water partition coefficient (Wildman–Crippen LogP) is 11.0. The molecule has 0 bridgehead atoms. The first-order valence-corrected chi connectivity index (χ1v) is 24.2. The number of imide groups is 1. The SMILES string of the molecule is CCC/C(=C\c1cc(Br)ccc1O)CC[C@H]1OC[C@H]2C1=C(CO[Si](c1ccccc1)(c1ccccc1)C(C)(C)C)C[C@H]1C(=O)N(c3ccc(Nc4ccccc4)cc3)C(=O)[C@H]12. The van der Waals surface area contributed by atoms with Gasteiger partial charge in [-0.15, -0.1) is 0 Å². The number of carbonyl (C=O) groups excluding carboxylic acids is 2. The largest absolute Gasteiger partial charge is 0.507 e. The number of ether oxygens (including phenoxy) is 1. The summed E-state index contributed by atoms with van der Waals surface area (Å²) in [7, 11) is -2.94. The molecule has 8 rings (SSSR count). The number of aromatic hydroxyl groups is 1. The molecule has 0 radical (unpaired) electrons. The van der Waals surface area contributed by atoms with Gasteiger partial charge in [-0.3, -0.25) is 14.5 Å². The number of phenols is 1. The number of amides is 2. The molecule has 61 heavy (non-hydrogen) atoms. The molecule has 314 valence electrons. The van der Waals surface area contributed by atoms with Crippen molar-refractivity contribution in [1.29, 1.82) is 0 Å². The first-order chi connectivity index (χ1) is 29.5. The molecule has 0 spiro atoms. The molecule has 2 amide bonds. The lowest BCUT2D eigenvalue weighted by Crippen LogP contribution is -2.66. The number of fused-ring (bicyclic) bond motifs is 3. The fourth-order valence-corrected chi connectivity index (χ4v) is 14.9. The van der Waals surface area contributed by atoms with Crippen molar-refractivity contribution in [2.24, 2.45) is 17.8 Å². The van der Waals surface area contributed by atoms with Crippen LogP contribution in [0.5, 0.6) is 5.75 Å². The van der Waals surface area contributed by atoms with E-state index in [2.05, 4.69) is 104 Å². The molecule has 0 saturated carbocycles. The Morgan fingerprint density at radius 2 is 1.46 bits per heavy atom. The summed E-state index contributed by atoms with van der Waals surface area (Å²) in [6.07, 6.45) is 5.64. The quantitative estimate of drug-likeness (QED) is 0.0656. The summed E-state index contributed by atoms with van der Waals surface area (Å²) in [6.45, 7) is 9.72. The highest BCUT2D eigenvalue weighted by Gasteiger charge is 2.58. The Morgan fingerprint density at radius 1 is 0.836 bits per heavy atom. The van der Waals surface area contributed by atoms with Crippen LogP contribution in [0.2, 0.25) is 5.04 Å². The average molecular weight is 896 g/mol. The first-order valence-electron chi connectivity index (χ1n) is 21.5. The van der Waals surface area contributed by atoms with Gasteiger partial charge in [0.2, 0.25) is 11.8 Å². The van der Waals surface area contributed by atoms with E-state index in [1.807, 2.05) is 78.9 Å². The number of nitrogens with one attached hydrogen (secondary N) is 1. The van der Waals surface area contributed by atoms with Gasteiger partial charge in [-0.2, -0.15) is 0 Å². The number of hydrogen-bond acceptors (Lipinski definition) is 6. The van der Waals surface area contributed by atoms with Gasteiger partial charge in [0.05, 0.1) is 36.8 Å². The first kappa shape index (κ1) is 42.6. The number of anilines is 3. The van der Waals surface area contributed by atoms with Crippen molar-refractivity contribution in [3.05, 3.63) is 160 Å². The Labute approximate surface area is 369 Å². The van der Waals surface area contributed by atoms with Crippen molar-refractivity contribution in [1.82, 2.24) is 0 Å². The number of hydrogen-bond donors (Lipinski definition) is 2. The molecule has 0 unspecified atom stereocenters. The summed E-state index contributed by atoms with van der Waals surface area (Å²) < 4.78 is 15.2. The Bertz CT molecular complexity index is 2370. The van der Waals surface area contributed by atoms with E-state index in [0.29, 0.717) is 31.7 Å². The van der Waals surface area contributed by atoms with E-state index < -0.39 is 20.2 Å². The van der Waals surface area contributed by atoms with Crippen LogP contribution in [-0.4, -0.2) is 44.6 Å². The Morgan fingerprint density at radius 3 is 2.08 bits per heavy atom. The van der Waals surface area contributed by atoms with Crippen molar-refractivity contribution in [2.45, 2.75) is 70.9 Å². The lowest BCUT2D eigenvalue weighted by molar-refractivity contribution is -0.122. The van der Waals surface area contributed by atoms with Crippen LogP contribution in [-0.2, 0) is 18.8 Å². The molecule has 5 aromatic carbocycles. The van der Waals surface area contributed by atoms with E-state index in [-0.39, 0.29) is 34.6 Å². The second-order valence-corrected chi connectivity index (χ2v) is 22.8. The second-order valence-electron chi connectivity index (χ2n) is 17.6. The molecule has 3 aliphatic rings. The number of nitrogens with zero attached hydrogens (tertiary/aromatic N) is 1. The second kappa shape index (κ2) is 18.1. The molecule has 9 heteroatoms. The van der Waals surface area contributed by atoms with E-state index in [9.17, 15) is 14.7 Å². The predicted molar refractivity (Wildman–Crippen MR) is 252 cm³/mol. The number of benzene rings is 5. The van der Waals surface area contributed by atoms with Gasteiger partial charge >= 0.3 is 0 Å². The van der Waals surface area contributed by atoms with E-state index in [1.54, 1.807) is 6.07 Å². The fourth-order valence-electron chi connectivity index (χ4n) is 9.97. The Kier molecular flexibility index (Phi) is 12.7. The minimum Gasteiger partial charge on any atom is -0.507 e. The fraction of sp³-hybridized carbons (Fsp3) is 0.308. The average Bonchev–Trinajstić information content (AvgIpc) is 3.79. The van der Waals surface area contributed by atoms with Gasteiger partial charge in [0, 0.05) is 27.3 Å². The Hall–Kier alpha value is -5.06. The maximum atomic E-state index is 14.7. The van der Waals surface area contributed by atoms with E-state index >= 15 is 0 Å². The van der Waals surface area contributed by atoms with Gasteiger partial charge < -0.3 is 19.6 Å². The molecule has 1 aliphatic carbocycles. The zero-order chi connectivity index (χ0) is 42.7. The number of para-hydroxylation sites is 1. The summed E-state index contributed by atoms with van der Waals surface area (Å²) in [6, 6.07) is 44.2. The van der Waals surface area contributed by atoms with Gasteiger partial charge in [0.25, 0.3) is 8.32 Å². The lowest BCUT2D eigenvalue weighted by atomic mass is 9.69. The normalized spacial score (nSPS) is 20.5. The van der Waals surface area contributed by atoms with Crippen LogP contribution in [0.3, 0.4) is 0 Å². The number of allylic oxidation sites excluding steroid dienone is 1. The summed E-state index contributed by atoms with van der Waals surface area (Å²) in [5.74, 6) is -1.35. The maximum Gasteiger partial charge on any atom is 0.261 e. The molecular weight excluding hydrogens is 841 g/mol. The molecule has 7 nitrogen and oxygen atoms in total. The van der Waals surface area contributed by atoms with Crippen LogP contribution in [0.1, 0.15) is 65.4 Å². The molecule has 2 aliphatic heterocycles. The van der Waals surface area contributed by atoms with Crippen LogP contribution in [0.25, 0.3) is 6.08 Å². The van der Waals surface area contributed by atoms with E-state index in [0.717, 1.165) is 51.8 Å². The third kappa shape index (κ3) is 8.58. The van der Waals surface area contributed by atoms with Crippen LogP contribution in [0.15, 0.2) is 155 Å². The molecule has 2 N–H and O–H groups in total. The summed E-state index contributed by atoms with van der Waals surface area (Å²) in [5.41, 5.74) is 6.63. The molecule has 2 fully saturated rings. The number of rotatable bonds is 14. The molecule has 4 atom stereocenters. The minimum absolute atomic E-state index is 0.158. The van der Waals surface area contributed by atoms with Gasteiger partial charge in [-0.1, -0.05) is 141 Å². The summed E-state index contributed by atoms with van der Waals surface area (Å²) in [5, 5.41) is 16.3. The zero-order valence-corrected chi connectivity index (χ0v) is 38.0. The van der Waals surface area contributed by atoms with Gasteiger partial charge in [0.15, 0.2) is 0 Å². The lowest BCUT2D eigenvalue weighted by Gasteiger charge is -2.44. The summed E-state index contributed by atoms with van der Waals surface area (Å²) >= 11 is 3.57. The highest BCUT2D eigenvalue weighted by atomic mass is 79.9. The zero-order valence-electron chi connectivity index (χ0n) is 35.4. The van der Waals surface area contributed by atoms with Crippen molar-refractivity contribution < 1.29 is 23.9 Å². The van der Waals surface area contributed by atoms with Crippen LogP contribution < -0.4 is 20.6 Å². The van der Waals surface area contributed by atoms with Gasteiger partial charge in [-0.25, -0.2) is 0 Å². The van der Waals surface area contributed by atoms with Crippen LogP contribution in [0.4, 0.5) is 17.1 Å². The van der Waals surface area contributed by atoms with Crippen molar-refractivity contribution >= 4 is 69.6 Å². The van der Waals surface area contributed by atoms with Gasteiger partial charge in [-0.05, 0) is 107 Å². The topological polar surface area (TPSA) is 88.1 Å². The third-order valence-electron chi connectivity index (χ3n) is 12.7. The van der Waals surface area contributed by atoms with Crippen molar-refractivity contribution in [3.8, 4) is 5.75 Å². The maximum absolute atomic E-state index is 14.7. The Balaban J connectivity index is 1.15. The third-order valence-corrected chi connectivity index (χ3v) is 18.2. The molecule has 5 aromatic rings. The van der Waals surface area contributed by atoms with Gasteiger partial charge in [0.1, 0.15) is 5.75 Å². The standard InChI is InChI=1S/C52H55BrN2O5Si/c1-5-15-35(30-36-31-38(53)23-28-46(36)56)22-29-47-48-37(33-60-61(52(2,3)4,42-18-11-7-12-19-42)43-20-13-8-14-21-43)32-44-49(45(48)34-59-47)51(58)55(50(44)57)41-26-24-40(25-27-41)54-39-16-9-6-10-17-39/h6-14,16-21,23-28,30-31,44-45,47,49,54,56H,5,15,22,29,32-34H2,1-4H3/b35-30+/t44-,45+,47-,49-/m1/s1. The number of halogens is 1. The number of phenolic OH excluding ortho intramolecular Hbond substituents is 1. The molecular formula is C52H55BrN2O5Si. The monoisotopic (exact) mass is 894 g/mol. The van der Waals surface area contributed by atoms with Crippen LogP contribution in [0, 0.1) is 17.8 Å². The molecule has 0 aromatic heterocycles.